The maximum absolute atomic E-state index is 6.00. The summed E-state index contributed by atoms with van der Waals surface area (Å²) in [7, 11) is 4.00. The van der Waals surface area contributed by atoms with E-state index in [1.165, 1.54) is 5.69 Å². The summed E-state index contributed by atoms with van der Waals surface area (Å²) < 4.78 is 12.0. The lowest BCUT2D eigenvalue weighted by Crippen LogP contribution is -2.21. The lowest BCUT2D eigenvalue weighted by atomic mass is 10.1. The van der Waals surface area contributed by atoms with Gasteiger partial charge >= 0.3 is 0 Å². The van der Waals surface area contributed by atoms with E-state index in [1.807, 2.05) is 79.7 Å². The first-order valence-corrected chi connectivity index (χ1v) is 12.0. The van der Waals surface area contributed by atoms with Crippen LogP contribution in [0.5, 0.6) is 0 Å². The molecule has 0 spiro atoms. The molecule has 0 N–H and O–H groups in total. The van der Waals surface area contributed by atoms with Gasteiger partial charge in [-0.05, 0) is 80.6 Å². The molecule has 0 aliphatic heterocycles. The van der Waals surface area contributed by atoms with Crippen LogP contribution in [0.4, 0.5) is 11.4 Å². The average molecular weight is 481 g/mol. The molecule has 0 unspecified atom stereocenters. The Hall–Kier alpha value is -4.46. The van der Waals surface area contributed by atoms with Gasteiger partial charge in [0, 0.05) is 60.8 Å². The third kappa shape index (κ3) is 4.70. The average Bonchev–Trinajstić information content (AvgIpc) is 3.61. The molecule has 0 bridgehead atoms. The Morgan fingerprint density at radius 1 is 0.556 bits per heavy atom. The van der Waals surface area contributed by atoms with Crippen LogP contribution in [0.3, 0.4) is 0 Å². The molecule has 0 amide bonds. The van der Waals surface area contributed by atoms with Gasteiger partial charge in [-0.1, -0.05) is 6.07 Å². The summed E-state index contributed by atoms with van der Waals surface area (Å²) in [6.45, 7) is 6.21. The van der Waals surface area contributed by atoms with Crippen molar-refractivity contribution in [2.24, 2.45) is 0 Å². The smallest absolute Gasteiger partial charge is 0.248 e. The molecule has 5 rings (SSSR count). The van der Waals surface area contributed by atoms with Crippen molar-refractivity contribution < 1.29 is 8.83 Å². The molecule has 8 heteroatoms. The van der Waals surface area contributed by atoms with E-state index in [1.54, 1.807) is 0 Å². The van der Waals surface area contributed by atoms with Crippen LogP contribution < -0.4 is 9.80 Å². The van der Waals surface area contributed by atoms with Crippen molar-refractivity contribution in [1.29, 1.82) is 0 Å². The summed E-state index contributed by atoms with van der Waals surface area (Å²) in [5, 5.41) is 17.0. The van der Waals surface area contributed by atoms with Crippen LogP contribution in [-0.4, -0.2) is 47.6 Å². The Morgan fingerprint density at radius 3 is 1.39 bits per heavy atom. The highest BCUT2D eigenvalue weighted by molar-refractivity contribution is 5.67. The predicted octanol–water partition coefficient (Wildman–Crippen LogP) is 6.03. The monoisotopic (exact) mass is 480 g/mol. The molecule has 3 aromatic carbocycles. The van der Waals surface area contributed by atoms with E-state index >= 15 is 0 Å². The number of hydrogen-bond donors (Lipinski definition) is 0. The normalized spacial score (nSPS) is 11.0. The van der Waals surface area contributed by atoms with Crippen molar-refractivity contribution in [3.63, 3.8) is 0 Å². The highest BCUT2D eigenvalue weighted by atomic mass is 16.4. The van der Waals surface area contributed by atoms with E-state index in [0.717, 1.165) is 41.0 Å². The third-order valence-electron chi connectivity index (χ3n) is 6.08. The van der Waals surface area contributed by atoms with Crippen LogP contribution in [0.2, 0.25) is 0 Å². The first-order valence-electron chi connectivity index (χ1n) is 12.0. The Kier molecular flexibility index (Phi) is 6.49. The van der Waals surface area contributed by atoms with E-state index in [-0.39, 0.29) is 0 Å². The fourth-order valence-corrected chi connectivity index (χ4v) is 4.00. The van der Waals surface area contributed by atoms with Gasteiger partial charge in [-0.15, -0.1) is 20.4 Å². The molecule has 0 radical (unpaired) electrons. The highest BCUT2D eigenvalue weighted by Crippen LogP contribution is 2.30. The van der Waals surface area contributed by atoms with Gasteiger partial charge in [0.25, 0.3) is 0 Å². The maximum Gasteiger partial charge on any atom is 0.248 e. The van der Waals surface area contributed by atoms with Crippen molar-refractivity contribution >= 4 is 11.4 Å². The summed E-state index contributed by atoms with van der Waals surface area (Å²) >= 11 is 0. The highest BCUT2D eigenvalue weighted by Gasteiger charge is 2.15. The zero-order valence-electron chi connectivity index (χ0n) is 20.8. The van der Waals surface area contributed by atoms with Gasteiger partial charge in [0.15, 0.2) is 0 Å². The second-order valence-electron chi connectivity index (χ2n) is 8.57. The summed E-state index contributed by atoms with van der Waals surface area (Å²) in [5.74, 6) is 1.80. The summed E-state index contributed by atoms with van der Waals surface area (Å²) in [5.41, 5.74) is 5.57. The maximum atomic E-state index is 6.00. The van der Waals surface area contributed by atoms with Crippen molar-refractivity contribution in [3.8, 4) is 45.8 Å². The lowest BCUT2D eigenvalue weighted by molar-refractivity contribution is 0.582. The number of hydrogen-bond acceptors (Lipinski definition) is 8. The summed E-state index contributed by atoms with van der Waals surface area (Å²) in [4.78, 5) is 4.33. The fraction of sp³-hybridized carbons (Fsp3) is 0.214. The van der Waals surface area contributed by atoms with E-state index in [2.05, 4.69) is 51.3 Å². The van der Waals surface area contributed by atoms with Crippen LogP contribution in [0, 0.1) is 0 Å². The van der Waals surface area contributed by atoms with Crippen molar-refractivity contribution in [1.82, 2.24) is 20.4 Å². The standard InChI is InChI=1S/C28H28N6O2/c1-5-34(6-2)24-16-12-20(13-17-24)26-30-32-28(36-26)22-9-7-8-21(18-22)27-31-29-25(35-27)19-10-14-23(15-11-19)33(3)4/h7-18H,5-6H2,1-4H3. The zero-order chi connectivity index (χ0) is 25.1. The first kappa shape index (κ1) is 23.3. The minimum Gasteiger partial charge on any atom is -0.416 e. The molecule has 0 saturated heterocycles. The molecule has 8 nitrogen and oxygen atoms in total. The van der Waals surface area contributed by atoms with Gasteiger partial charge in [-0.2, -0.15) is 0 Å². The van der Waals surface area contributed by atoms with E-state index in [0.29, 0.717) is 23.6 Å². The molecular formula is C28H28N6O2. The molecule has 0 fully saturated rings. The third-order valence-corrected chi connectivity index (χ3v) is 6.08. The molecular weight excluding hydrogens is 452 g/mol. The van der Waals surface area contributed by atoms with Crippen LogP contribution >= 0.6 is 0 Å². The first-order chi connectivity index (χ1) is 17.6. The van der Waals surface area contributed by atoms with Crippen LogP contribution in [0.25, 0.3) is 45.8 Å². The molecule has 5 aromatic rings. The topological polar surface area (TPSA) is 84.3 Å². The Morgan fingerprint density at radius 2 is 0.972 bits per heavy atom. The molecule has 0 atom stereocenters. The van der Waals surface area contributed by atoms with Crippen LogP contribution in [0.15, 0.2) is 81.6 Å². The number of aromatic nitrogens is 4. The van der Waals surface area contributed by atoms with E-state index < -0.39 is 0 Å². The van der Waals surface area contributed by atoms with Crippen molar-refractivity contribution in [3.05, 3.63) is 72.8 Å². The number of rotatable bonds is 8. The van der Waals surface area contributed by atoms with Gasteiger partial charge in [0.05, 0.1) is 0 Å². The number of anilines is 2. The second kappa shape index (κ2) is 10.0. The number of benzene rings is 3. The summed E-state index contributed by atoms with van der Waals surface area (Å²) in [6.07, 6.45) is 0. The van der Waals surface area contributed by atoms with Gasteiger partial charge in [-0.25, -0.2) is 0 Å². The minimum atomic E-state index is 0.426. The Bertz CT molecular complexity index is 1430. The molecule has 0 saturated carbocycles. The second-order valence-corrected chi connectivity index (χ2v) is 8.57. The SMILES string of the molecule is CCN(CC)c1ccc(-c2nnc(-c3cccc(-c4nnc(-c5ccc(N(C)C)cc5)o4)c3)o2)cc1. The number of nitrogens with zero attached hydrogens (tertiary/aromatic N) is 6. The molecule has 182 valence electrons. The minimum absolute atomic E-state index is 0.426. The quantitative estimate of drug-likeness (QED) is 0.266. The molecule has 0 aliphatic rings. The molecule has 36 heavy (non-hydrogen) atoms. The van der Waals surface area contributed by atoms with E-state index in [9.17, 15) is 0 Å². The molecule has 2 aromatic heterocycles. The predicted molar refractivity (Wildman–Crippen MR) is 142 cm³/mol. The lowest BCUT2D eigenvalue weighted by Gasteiger charge is -2.20. The zero-order valence-corrected chi connectivity index (χ0v) is 20.8. The van der Waals surface area contributed by atoms with Crippen LogP contribution in [0.1, 0.15) is 13.8 Å². The molecule has 2 heterocycles. The Balaban J connectivity index is 1.36. The molecule has 0 aliphatic carbocycles. The Labute approximate surface area is 210 Å². The largest absolute Gasteiger partial charge is 0.416 e. The van der Waals surface area contributed by atoms with Gasteiger partial charge in [0.1, 0.15) is 0 Å². The fourth-order valence-electron chi connectivity index (χ4n) is 4.00. The summed E-state index contributed by atoms with van der Waals surface area (Å²) in [6, 6.07) is 23.8. The van der Waals surface area contributed by atoms with E-state index in [4.69, 9.17) is 8.83 Å². The van der Waals surface area contributed by atoms with Crippen LogP contribution in [-0.2, 0) is 0 Å². The van der Waals surface area contributed by atoms with Gasteiger partial charge in [0.2, 0.25) is 23.6 Å². The van der Waals surface area contributed by atoms with Crippen molar-refractivity contribution in [2.45, 2.75) is 13.8 Å². The van der Waals surface area contributed by atoms with Gasteiger partial charge < -0.3 is 18.6 Å². The van der Waals surface area contributed by atoms with Gasteiger partial charge in [-0.3, -0.25) is 0 Å². The van der Waals surface area contributed by atoms with Crippen molar-refractivity contribution in [2.75, 3.05) is 37.0 Å².